The van der Waals surface area contributed by atoms with Crippen LogP contribution >= 0.6 is 11.6 Å². The van der Waals surface area contributed by atoms with Crippen LogP contribution in [0.1, 0.15) is 5.56 Å². The molecule has 116 valence electrons. The number of nitrogens with one attached hydrogen (secondary N) is 2. The molecule has 1 amide bonds. The number of alkyl halides is 3. The summed E-state index contributed by atoms with van der Waals surface area (Å²) in [4.78, 5) is 19.1. The van der Waals surface area contributed by atoms with E-state index in [4.69, 9.17) is 11.6 Å². The molecule has 0 aliphatic carbocycles. The first-order valence-electron chi connectivity index (χ1n) is 6.04. The molecule has 0 radical (unpaired) electrons. The number of nitrogens with zero attached hydrogens (tertiary/aromatic N) is 2. The molecule has 2 heterocycles. The van der Waals surface area contributed by atoms with Gasteiger partial charge in [0.25, 0.3) is 0 Å². The minimum atomic E-state index is -4.52. The van der Waals surface area contributed by atoms with Crippen LogP contribution in [-0.2, 0) is 11.0 Å². The third-order valence-corrected chi connectivity index (χ3v) is 2.81. The Morgan fingerprint density at radius 1 is 1.27 bits per heavy atom. The molecule has 2 rings (SSSR count). The van der Waals surface area contributed by atoms with Crippen molar-refractivity contribution in [3.05, 3.63) is 47.2 Å². The van der Waals surface area contributed by atoms with Gasteiger partial charge in [0.15, 0.2) is 0 Å². The Labute approximate surface area is 128 Å². The standard InChI is InChI=1S/C13H10ClF3N4O/c14-9-5-8(13(15,16)17)6-19-12(9)20-7-11(22)21-10-3-1-2-4-18-10/h1-6H,7H2,(H,19,20)(H,18,21,22). The van der Waals surface area contributed by atoms with E-state index in [2.05, 4.69) is 20.6 Å². The van der Waals surface area contributed by atoms with Gasteiger partial charge in [-0.05, 0) is 18.2 Å². The number of halogens is 4. The van der Waals surface area contributed by atoms with Crippen molar-refractivity contribution in [2.45, 2.75) is 6.18 Å². The summed E-state index contributed by atoms with van der Waals surface area (Å²) in [6.45, 7) is -0.214. The van der Waals surface area contributed by atoms with E-state index >= 15 is 0 Å². The molecule has 0 saturated heterocycles. The number of aromatic nitrogens is 2. The highest BCUT2D eigenvalue weighted by molar-refractivity contribution is 6.33. The highest BCUT2D eigenvalue weighted by Gasteiger charge is 2.31. The number of anilines is 2. The molecule has 0 unspecified atom stereocenters. The Morgan fingerprint density at radius 3 is 2.64 bits per heavy atom. The lowest BCUT2D eigenvalue weighted by Gasteiger charge is -2.10. The molecule has 0 saturated carbocycles. The van der Waals surface area contributed by atoms with Crippen LogP contribution in [0.2, 0.25) is 5.02 Å². The van der Waals surface area contributed by atoms with Crippen molar-refractivity contribution in [1.29, 1.82) is 0 Å². The monoisotopic (exact) mass is 330 g/mol. The third kappa shape index (κ3) is 4.32. The largest absolute Gasteiger partial charge is 0.417 e. The first kappa shape index (κ1) is 16.0. The zero-order valence-corrected chi connectivity index (χ0v) is 11.7. The molecular weight excluding hydrogens is 321 g/mol. The number of carbonyl (C=O) groups is 1. The maximum Gasteiger partial charge on any atom is 0.417 e. The van der Waals surface area contributed by atoms with Crippen LogP contribution in [0.5, 0.6) is 0 Å². The molecule has 0 spiro atoms. The minimum Gasteiger partial charge on any atom is -0.360 e. The lowest BCUT2D eigenvalue weighted by molar-refractivity contribution is -0.137. The second-order valence-corrected chi connectivity index (χ2v) is 4.58. The molecule has 5 nitrogen and oxygen atoms in total. The molecule has 0 atom stereocenters. The summed E-state index contributed by atoms with van der Waals surface area (Å²) in [6, 6.07) is 5.74. The van der Waals surface area contributed by atoms with Crippen molar-refractivity contribution in [3.63, 3.8) is 0 Å². The summed E-state index contributed by atoms with van der Waals surface area (Å²) in [6.07, 6.45) is -2.37. The lowest BCUT2D eigenvalue weighted by Crippen LogP contribution is -2.22. The van der Waals surface area contributed by atoms with Gasteiger partial charge < -0.3 is 10.6 Å². The summed E-state index contributed by atoms with van der Waals surface area (Å²) in [5, 5.41) is 4.84. The molecule has 2 N–H and O–H groups in total. The fraction of sp³-hybridized carbons (Fsp3) is 0.154. The van der Waals surface area contributed by atoms with Crippen LogP contribution in [-0.4, -0.2) is 22.4 Å². The SMILES string of the molecule is O=C(CNc1ncc(C(F)(F)F)cc1Cl)Nc1ccccn1. The predicted octanol–water partition coefficient (Wildman–Crippen LogP) is 3.20. The maximum absolute atomic E-state index is 12.5. The van der Waals surface area contributed by atoms with Gasteiger partial charge in [0.05, 0.1) is 17.1 Å². The zero-order chi connectivity index (χ0) is 16.2. The van der Waals surface area contributed by atoms with E-state index in [9.17, 15) is 18.0 Å². The van der Waals surface area contributed by atoms with Gasteiger partial charge >= 0.3 is 6.18 Å². The smallest absolute Gasteiger partial charge is 0.360 e. The van der Waals surface area contributed by atoms with E-state index < -0.39 is 17.6 Å². The Morgan fingerprint density at radius 2 is 2.05 bits per heavy atom. The van der Waals surface area contributed by atoms with Crippen molar-refractivity contribution < 1.29 is 18.0 Å². The molecular formula is C13H10ClF3N4O. The van der Waals surface area contributed by atoms with Gasteiger partial charge in [-0.25, -0.2) is 9.97 Å². The van der Waals surface area contributed by atoms with Gasteiger partial charge in [-0.1, -0.05) is 17.7 Å². The molecule has 0 fully saturated rings. The lowest BCUT2D eigenvalue weighted by atomic mass is 10.3. The van der Waals surface area contributed by atoms with Gasteiger partial charge in [0.2, 0.25) is 5.91 Å². The summed E-state index contributed by atoms with van der Waals surface area (Å²) >= 11 is 5.71. The van der Waals surface area contributed by atoms with E-state index in [1.165, 1.54) is 6.20 Å². The van der Waals surface area contributed by atoms with Crippen LogP contribution in [0.25, 0.3) is 0 Å². The normalized spacial score (nSPS) is 11.1. The summed E-state index contributed by atoms with van der Waals surface area (Å²) in [5.41, 5.74) is -0.957. The Bertz CT molecular complexity index is 664. The number of carbonyl (C=O) groups excluding carboxylic acids is 1. The summed E-state index contributed by atoms with van der Waals surface area (Å²) in [5.74, 6) is -0.0805. The van der Waals surface area contributed by atoms with Gasteiger partial charge in [0.1, 0.15) is 11.6 Å². The average Bonchev–Trinajstić information content (AvgIpc) is 2.46. The Hall–Kier alpha value is -2.35. The quantitative estimate of drug-likeness (QED) is 0.903. The Balaban J connectivity index is 1.96. The van der Waals surface area contributed by atoms with Gasteiger partial charge in [-0.2, -0.15) is 13.2 Å². The van der Waals surface area contributed by atoms with Crippen LogP contribution in [0.3, 0.4) is 0 Å². The molecule has 0 aromatic carbocycles. The zero-order valence-electron chi connectivity index (χ0n) is 11.0. The second kappa shape index (κ2) is 6.61. The predicted molar refractivity (Wildman–Crippen MR) is 75.6 cm³/mol. The van der Waals surface area contributed by atoms with Gasteiger partial charge in [0, 0.05) is 12.4 Å². The number of pyridine rings is 2. The highest BCUT2D eigenvalue weighted by atomic mass is 35.5. The van der Waals surface area contributed by atoms with Crippen LogP contribution in [0, 0.1) is 0 Å². The molecule has 9 heteroatoms. The topological polar surface area (TPSA) is 66.9 Å². The maximum atomic E-state index is 12.5. The highest BCUT2D eigenvalue weighted by Crippen LogP contribution is 2.32. The summed E-state index contributed by atoms with van der Waals surface area (Å²) < 4.78 is 37.4. The van der Waals surface area contributed by atoms with E-state index in [0.717, 1.165) is 6.07 Å². The molecule has 0 aliphatic rings. The first-order chi connectivity index (χ1) is 10.4. The fourth-order valence-electron chi connectivity index (χ4n) is 1.51. The number of rotatable bonds is 4. The minimum absolute atomic E-state index is 0.00848. The van der Waals surface area contributed by atoms with Crippen LogP contribution < -0.4 is 10.6 Å². The second-order valence-electron chi connectivity index (χ2n) is 4.17. The van der Waals surface area contributed by atoms with Crippen molar-refractivity contribution in [3.8, 4) is 0 Å². The molecule has 2 aromatic heterocycles. The molecule has 0 aliphatic heterocycles. The van der Waals surface area contributed by atoms with Crippen molar-refractivity contribution >= 4 is 29.1 Å². The molecule has 22 heavy (non-hydrogen) atoms. The third-order valence-electron chi connectivity index (χ3n) is 2.52. The number of amides is 1. The van der Waals surface area contributed by atoms with E-state index in [0.29, 0.717) is 12.0 Å². The Kier molecular flexibility index (Phi) is 4.81. The average molecular weight is 331 g/mol. The molecule has 0 bridgehead atoms. The van der Waals surface area contributed by atoms with Crippen molar-refractivity contribution in [2.75, 3.05) is 17.2 Å². The van der Waals surface area contributed by atoms with Crippen LogP contribution in [0.15, 0.2) is 36.7 Å². The van der Waals surface area contributed by atoms with Crippen LogP contribution in [0.4, 0.5) is 24.8 Å². The molecule has 2 aromatic rings. The fourth-order valence-corrected chi connectivity index (χ4v) is 1.74. The van der Waals surface area contributed by atoms with E-state index in [1.54, 1.807) is 18.2 Å². The van der Waals surface area contributed by atoms with Crippen molar-refractivity contribution in [2.24, 2.45) is 0 Å². The number of hydrogen-bond acceptors (Lipinski definition) is 4. The van der Waals surface area contributed by atoms with E-state index in [-0.39, 0.29) is 17.4 Å². The van der Waals surface area contributed by atoms with Gasteiger partial charge in [-0.3, -0.25) is 4.79 Å². The first-order valence-corrected chi connectivity index (χ1v) is 6.41. The van der Waals surface area contributed by atoms with Gasteiger partial charge in [-0.15, -0.1) is 0 Å². The number of hydrogen-bond donors (Lipinski definition) is 2. The van der Waals surface area contributed by atoms with E-state index in [1.807, 2.05) is 0 Å². The van der Waals surface area contributed by atoms with Crippen molar-refractivity contribution in [1.82, 2.24) is 9.97 Å². The summed E-state index contributed by atoms with van der Waals surface area (Å²) in [7, 11) is 0.